The summed E-state index contributed by atoms with van der Waals surface area (Å²) in [6.45, 7) is 3.74. The van der Waals surface area contributed by atoms with E-state index in [1.54, 1.807) is 30.3 Å². The number of hydrogen-bond acceptors (Lipinski definition) is 3. The van der Waals surface area contributed by atoms with Crippen molar-refractivity contribution in [2.45, 2.75) is 19.4 Å². The first-order valence-corrected chi connectivity index (χ1v) is 7.28. The van der Waals surface area contributed by atoms with Gasteiger partial charge < -0.3 is 15.5 Å². The maximum atomic E-state index is 12.3. The smallest absolute Gasteiger partial charge is 0.266 e. The molecule has 21 heavy (non-hydrogen) atoms. The van der Waals surface area contributed by atoms with E-state index in [1.807, 2.05) is 13.8 Å². The summed E-state index contributed by atoms with van der Waals surface area (Å²) in [5.41, 5.74) is 1.09. The molecule has 1 atom stereocenters. The van der Waals surface area contributed by atoms with E-state index < -0.39 is 11.5 Å². The minimum Gasteiger partial charge on any atom is -0.508 e. The highest BCUT2D eigenvalue weighted by Crippen LogP contribution is 2.45. The highest BCUT2D eigenvalue weighted by Gasteiger charge is 2.48. The van der Waals surface area contributed by atoms with Crippen molar-refractivity contribution in [1.29, 1.82) is 0 Å². The Hall–Kier alpha value is -1.85. The van der Waals surface area contributed by atoms with Crippen LogP contribution in [0.2, 0.25) is 0 Å². The fraction of sp³-hybridized carbons (Fsp3) is 0.188. The number of amides is 1. The van der Waals surface area contributed by atoms with E-state index in [4.69, 9.17) is 0 Å². The van der Waals surface area contributed by atoms with Gasteiger partial charge in [-0.3, -0.25) is 4.79 Å². The van der Waals surface area contributed by atoms with Crippen LogP contribution >= 0.6 is 15.9 Å². The number of aromatic hydroxyl groups is 1. The Bertz CT molecular complexity index is 772. The molecule has 3 rings (SSSR count). The van der Waals surface area contributed by atoms with Gasteiger partial charge in [-0.1, -0.05) is 22.0 Å². The van der Waals surface area contributed by atoms with Gasteiger partial charge in [0.25, 0.3) is 5.91 Å². The van der Waals surface area contributed by atoms with E-state index in [1.165, 1.54) is 0 Å². The zero-order chi connectivity index (χ0) is 15.4. The highest BCUT2D eigenvalue weighted by atomic mass is 79.9. The lowest BCUT2D eigenvalue weighted by molar-refractivity contribution is -0.129. The summed E-state index contributed by atoms with van der Waals surface area (Å²) in [7, 11) is 0. The van der Waals surface area contributed by atoms with Gasteiger partial charge in [-0.2, -0.15) is 0 Å². The average molecular weight is 348 g/mol. The molecule has 4 nitrogen and oxygen atoms in total. The van der Waals surface area contributed by atoms with Crippen molar-refractivity contribution in [3.8, 4) is 5.75 Å². The van der Waals surface area contributed by atoms with Crippen molar-refractivity contribution in [1.82, 2.24) is 0 Å². The summed E-state index contributed by atoms with van der Waals surface area (Å²) in [4.78, 5) is 12.3. The number of anilines is 1. The Morgan fingerprint density at radius 3 is 2.48 bits per heavy atom. The van der Waals surface area contributed by atoms with E-state index in [0.29, 0.717) is 11.3 Å². The van der Waals surface area contributed by atoms with Crippen LogP contribution in [0.25, 0.3) is 0 Å². The summed E-state index contributed by atoms with van der Waals surface area (Å²) >= 11 is 3.33. The molecule has 108 valence electrons. The molecule has 0 spiro atoms. The number of benzene rings is 2. The fourth-order valence-electron chi connectivity index (χ4n) is 2.63. The molecular weight excluding hydrogens is 334 g/mol. The molecule has 5 heteroatoms. The van der Waals surface area contributed by atoms with Gasteiger partial charge >= 0.3 is 0 Å². The predicted molar refractivity (Wildman–Crippen MR) is 83.4 cm³/mol. The average Bonchev–Trinajstić information content (AvgIpc) is 2.66. The van der Waals surface area contributed by atoms with E-state index in [9.17, 15) is 15.0 Å². The molecule has 0 aromatic heterocycles. The van der Waals surface area contributed by atoms with E-state index >= 15 is 0 Å². The second-order valence-corrected chi connectivity index (χ2v) is 6.22. The molecule has 0 saturated heterocycles. The minimum atomic E-state index is -1.88. The number of rotatable bonds is 1. The molecular formula is C16H14BrNO3. The summed E-state index contributed by atoms with van der Waals surface area (Å²) in [6.07, 6.45) is 0. The van der Waals surface area contributed by atoms with Gasteiger partial charge in [0, 0.05) is 21.3 Å². The Labute approximate surface area is 130 Å². The van der Waals surface area contributed by atoms with Crippen LogP contribution in [0.5, 0.6) is 5.75 Å². The second-order valence-electron chi connectivity index (χ2n) is 5.31. The SMILES string of the molecule is Cc1cc(O)c([C@]2(O)C(=O)Nc3cc(Br)ccc32)cc1C. The number of aryl methyl sites for hydroxylation is 2. The number of phenolic OH excluding ortho intramolecular Hbond substituents is 1. The molecule has 0 saturated carbocycles. The van der Waals surface area contributed by atoms with E-state index in [2.05, 4.69) is 21.2 Å². The lowest BCUT2D eigenvalue weighted by Gasteiger charge is -2.23. The number of phenols is 1. The Morgan fingerprint density at radius 1 is 1.10 bits per heavy atom. The van der Waals surface area contributed by atoms with Crippen molar-refractivity contribution in [3.63, 3.8) is 0 Å². The van der Waals surface area contributed by atoms with Crippen LogP contribution in [0.4, 0.5) is 5.69 Å². The summed E-state index contributed by atoms with van der Waals surface area (Å²) in [6, 6.07) is 8.37. The number of carbonyl (C=O) groups excluding carboxylic acids is 1. The number of halogens is 1. The minimum absolute atomic E-state index is 0.0912. The third-order valence-electron chi connectivity index (χ3n) is 3.95. The molecule has 2 aromatic rings. The zero-order valence-electron chi connectivity index (χ0n) is 11.6. The van der Waals surface area contributed by atoms with Crippen LogP contribution in [0.1, 0.15) is 22.3 Å². The van der Waals surface area contributed by atoms with Crippen molar-refractivity contribution in [2.24, 2.45) is 0 Å². The lowest BCUT2D eigenvalue weighted by Crippen LogP contribution is -2.35. The Kier molecular flexibility index (Phi) is 3.07. The maximum absolute atomic E-state index is 12.3. The van der Waals surface area contributed by atoms with Gasteiger partial charge in [-0.25, -0.2) is 0 Å². The summed E-state index contributed by atoms with van der Waals surface area (Å²) < 4.78 is 0.801. The molecule has 0 fully saturated rings. The van der Waals surface area contributed by atoms with E-state index in [-0.39, 0.29) is 11.3 Å². The third kappa shape index (κ3) is 1.96. The van der Waals surface area contributed by atoms with Crippen molar-refractivity contribution in [3.05, 3.63) is 57.1 Å². The standard InChI is InChI=1S/C16H14BrNO3/c1-8-5-12(14(19)6-9(8)2)16(21)11-4-3-10(17)7-13(11)18-15(16)20/h3-7,19,21H,1-2H3,(H,18,20)/t16-/m0/s1. The quantitative estimate of drug-likeness (QED) is 0.742. The van der Waals surface area contributed by atoms with Gasteiger partial charge in [0.15, 0.2) is 5.60 Å². The molecule has 0 bridgehead atoms. The first-order valence-electron chi connectivity index (χ1n) is 6.48. The van der Waals surface area contributed by atoms with Gasteiger partial charge in [0.05, 0.1) is 0 Å². The Balaban J connectivity index is 2.27. The highest BCUT2D eigenvalue weighted by molar-refractivity contribution is 9.10. The second kappa shape index (κ2) is 4.58. The molecule has 2 aromatic carbocycles. The fourth-order valence-corrected chi connectivity index (χ4v) is 2.99. The summed E-state index contributed by atoms with van der Waals surface area (Å²) in [5.74, 6) is -0.652. The number of nitrogens with one attached hydrogen (secondary N) is 1. The van der Waals surface area contributed by atoms with Crippen molar-refractivity contribution >= 4 is 27.5 Å². The van der Waals surface area contributed by atoms with Crippen LogP contribution < -0.4 is 5.32 Å². The van der Waals surface area contributed by atoms with Gasteiger partial charge in [0.1, 0.15) is 5.75 Å². The topological polar surface area (TPSA) is 69.6 Å². The number of aliphatic hydroxyl groups is 1. The maximum Gasteiger partial charge on any atom is 0.266 e. The van der Waals surface area contributed by atoms with Crippen LogP contribution in [0, 0.1) is 13.8 Å². The largest absolute Gasteiger partial charge is 0.508 e. The van der Waals surface area contributed by atoms with Crippen LogP contribution in [0.3, 0.4) is 0 Å². The number of hydrogen-bond donors (Lipinski definition) is 3. The monoisotopic (exact) mass is 347 g/mol. The number of carbonyl (C=O) groups is 1. The molecule has 1 amide bonds. The van der Waals surface area contributed by atoms with Crippen LogP contribution in [-0.4, -0.2) is 16.1 Å². The molecule has 0 unspecified atom stereocenters. The molecule has 3 N–H and O–H groups in total. The lowest BCUT2D eigenvalue weighted by atomic mass is 9.85. The van der Waals surface area contributed by atoms with E-state index in [0.717, 1.165) is 15.6 Å². The first kappa shape index (κ1) is 14.1. The van der Waals surface area contributed by atoms with Crippen LogP contribution in [0.15, 0.2) is 34.8 Å². The molecule has 0 radical (unpaired) electrons. The van der Waals surface area contributed by atoms with Crippen molar-refractivity contribution < 1.29 is 15.0 Å². The van der Waals surface area contributed by atoms with Crippen molar-refractivity contribution in [2.75, 3.05) is 5.32 Å². The molecule has 1 aliphatic heterocycles. The first-order chi connectivity index (χ1) is 9.84. The van der Waals surface area contributed by atoms with Gasteiger partial charge in [-0.05, 0) is 49.2 Å². The Morgan fingerprint density at radius 2 is 1.76 bits per heavy atom. The summed E-state index contributed by atoms with van der Waals surface area (Å²) in [5, 5.41) is 23.8. The van der Waals surface area contributed by atoms with Gasteiger partial charge in [-0.15, -0.1) is 0 Å². The normalized spacial score (nSPS) is 20.3. The van der Waals surface area contributed by atoms with Crippen LogP contribution in [-0.2, 0) is 10.4 Å². The zero-order valence-corrected chi connectivity index (χ0v) is 13.2. The molecule has 1 heterocycles. The number of fused-ring (bicyclic) bond motifs is 1. The molecule has 1 aliphatic rings. The third-order valence-corrected chi connectivity index (χ3v) is 4.44. The molecule has 0 aliphatic carbocycles. The van der Waals surface area contributed by atoms with Gasteiger partial charge in [0.2, 0.25) is 0 Å². The predicted octanol–water partition coefficient (Wildman–Crippen LogP) is 2.96.